The summed E-state index contributed by atoms with van der Waals surface area (Å²) in [5.41, 5.74) is 6.91. The van der Waals surface area contributed by atoms with Gasteiger partial charge in [0.25, 0.3) is 0 Å². The highest BCUT2D eigenvalue weighted by atomic mass is 16.2. The number of carbonyl (C=O) groups is 2. The van der Waals surface area contributed by atoms with E-state index in [-0.39, 0.29) is 12.5 Å². The monoisotopic (exact) mass is 298 g/mol. The van der Waals surface area contributed by atoms with Crippen molar-refractivity contribution >= 4 is 11.8 Å². The summed E-state index contributed by atoms with van der Waals surface area (Å²) in [5, 5.41) is 0. The predicted molar refractivity (Wildman–Crippen MR) is 81.5 cm³/mol. The molecule has 6 heteroatoms. The van der Waals surface area contributed by atoms with Gasteiger partial charge in [0.15, 0.2) is 0 Å². The number of nitrogens with zero attached hydrogens (tertiary/aromatic N) is 3. The van der Waals surface area contributed by atoms with Crippen molar-refractivity contribution in [2.75, 3.05) is 6.54 Å². The zero-order valence-electron chi connectivity index (χ0n) is 12.3. The summed E-state index contributed by atoms with van der Waals surface area (Å²) >= 11 is 0. The topological polar surface area (TPSA) is 89.2 Å². The third-order valence-corrected chi connectivity index (χ3v) is 3.33. The Morgan fingerprint density at radius 1 is 1.18 bits per heavy atom. The molecular formula is C16H18N4O2. The molecule has 0 saturated carbocycles. The fourth-order valence-electron chi connectivity index (χ4n) is 2.15. The fourth-order valence-corrected chi connectivity index (χ4v) is 2.15. The zero-order chi connectivity index (χ0) is 15.9. The van der Waals surface area contributed by atoms with Crippen molar-refractivity contribution in [2.45, 2.75) is 19.4 Å². The summed E-state index contributed by atoms with van der Waals surface area (Å²) in [6, 6.07) is 9.47. The van der Waals surface area contributed by atoms with Gasteiger partial charge in [-0.3, -0.25) is 9.59 Å². The molecule has 2 aromatic rings. The molecule has 1 heterocycles. The number of nitrogens with two attached hydrogens (primary N) is 1. The minimum Gasteiger partial charge on any atom is -0.368 e. The SMILES string of the molecule is C[C@H](C(=O)N(CC(N)=O)Cc1ccccc1)c1cncnc1. The molecule has 1 aromatic heterocycles. The molecule has 2 N–H and O–H groups in total. The Hall–Kier alpha value is -2.76. The van der Waals surface area contributed by atoms with Gasteiger partial charge in [-0.15, -0.1) is 0 Å². The molecule has 1 aromatic carbocycles. The molecule has 114 valence electrons. The number of hydrogen-bond donors (Lipinski definition) is 1. The highest BCUT2D eigenvalue weighted by molar-refractivity contribution is 5.87. The van der Waals surface area contributed by atoms with Crippen molar-refractivity contribution in [3.63, 3.8) is 0 Å². The summed E-state index contributed by atoms with van der Waals surface area (Å²) in [4.78, 5) is 33.2. The van der Waals surface area contributed by atoms with Crippen LogP contribution in [-0.4, -0.2) is 33.2 Å². The molecule has 0 saturated heterocycles. The van der Waals surface area contributed by atoms with Crippen molar-refractivity contribution < 1.29 is 9.59 Å². The smallest absolute Gasteiger partial charge is 0.237 e. The number of hydrogen-bond acceptors (Lipinski definition) is 4. The summed E-state index contributed by atoms with van der Waals surface area (Å²) < 4.78 is 0. The number of primary amides is 1. The minimum atomic E-state index is -0.541. The molecular weight excluding hydrogens is 280 g/mol. The molecule has 2 amide bonds. The second-order valence-electron chi connectivity index (χ2n) is 5.04. The van der Waals surface area contributed by atoms with Crippen LogP contribution >= 0.6 is 0 Å². The van der Waals surface area contributed by atoms with Crippen LogP contribution in [0.2, 0.25) is 0 Å². The highest BCUT2D eigenvalue weighted by Crippen LogP contribution is 2.17. The molecule has 0 spiro atoms. The Morgan fingerprint density at radius 2 is 1.82 bits per heavy atom. The third-order valence-electron chi connectivity index (χ3n) is 3.33. The number of benzene rings is 1. The highest BCUT2D eigenvalue weighted by Gasteiger charge is 2.23. The normalized spacial score (nSPS) is 11.7. The van der Waals surface area contributed by atoms with Crippen molar-refractivity contribution in [2.24, 2.45) is 5.73 Å². The Bertz CT molecular complexity index is 631. The van der Waals surface area contributed by atoms with Gasteiger partial charge < -0.3 is 10.6 Å². The van der Waals surface area contributed by atoms with Crippen LogP contribution in [-0.2, 0) is 16.1 Å². The van der Waals surface area contributed by atoms with E-state index in [1.807, 2.05) is 30.3 Å². The van der Waals surface area contributed by atoms with Crippen LogP contribution in [0.4, 0.5) is 0 Å². The van der Waals surface area contributed by atoms with E-state index in [9.17, 15) is 9.59 Å². The van der Waals surface area contributed by atoms with Crippen molar-refractivity contribution in [3.8, 4) is 0 Å². The summed E-state index contributed by atoms with van der Waals surface area (Å²) in [7, 11) is 0. The first kappa shape index (κ1) is 15.6. The van der Waals surface area contributed by atoms with Gasteiger partial charge in [-0.25, -0.2) is 9.97 Å². The molecule has 0 unspecified atom stereocenters. The van der Waals surface area contributed by atoms with Gasteiger partial charge in [0.1, 0.15) is 6.33 Å². The van der Waals surface area contributed by atoms with Crippen molar-refractivity contribution in [1.82, 2.24) is 14.9 Å². The van der Waals surface area contributed by atoms with E-state index in [1.165, 1.54) is 11.2 Å². The number of amides is 2. The molecule has 0 bridgehead atoms. The molecule has 0 aliphatic heterocycles. The average Bonchev–Trinajstić information content (AvgIpc) is 2.54. The summed E-state index contributed by atoms with van der Waals surface area (Å²) in [5.74, 6) is -1.16. The van der Waals surface area contributed by atoms with Gasteiger partial charge in [0.05, 0.1) is 12.5 Å². The van der Waals surface area contributed by atoms with Crippen molar-refractivity contribution in [3.05, 3.63) is 60.2 Å². The van der Waals surface area contributed by atoms with Crippen LogP contribution in [0, 0.1) is 0 Å². The summed E-state index contributed by atoms with van der Waals surface area (Å²) in [6.07, 6.45) is 4.60. The van der Waals surface area contributed by atoms with Crippen LogP contribution in [0.5, 0.6) is 0 Å². The first-order chi connectivity index (χ1) is 10.6. The molecule has 1 atom stereocenters. The number of aromatic nitrogens is 2. The molecule has 0 fully saturated rings. The number of rotatable bonds is 6. The minimum absolute atomic E-state index is 0.119. The van der Waals surface area contributed by atoms with Gasteiger partial charge in [0.2, 0.25) is 11.8 Å². The van der Waals surface area contributed by atoms with Crippen molar-refractivity contribution in [1.29, 1.82) is 0 Å². The maximum atomic E-state index is 12.6. The summed E-state index contributed by atoms with van der Waals surface area (Å²) in [6.45, 7) is 1.98. The van der Waals surface area contributed by atoms with Crippen LogP contribution in [0.1, 0.15) is 24.0 Å². The van der Waals surface area contributed by atoms with E-state index in [1.54, 1.807) is 19.3 Å². The maximum absolute atomic E-state index is 12.6. The van der Waals surface area contributed by atoms with Gasteiger partial charge in [0, 0.05) is 24.5 Å². The molecule has 2 rings (SSSR count). The van der Waals surface area contributed by atoms with Gasteiger partial charge in [-0.1, -0.05) is 30.3 Å². The molecule has 0 aliphatic rings. The van der Waals surface area contributed by atoms with E-state index >= 15 is 0 Å². The first-order valence-electron chi connectivity index (χ1n) is 6.94. The third kappa shape index (κ3) is 4.12. The van der Waals surface area contributed by atoms with Gasteiger partial charge in [-0.2, -0.15) is 0 Å². The maximum Gasteiger partial charge on any atom is 0.237 e. The second-order valence-corrected chi connectivity index (χ2v) is 5.04. The molecule has 0 aliphatic carbocycles. The standard InChI is InChI=1S/C16H18N4O2/c1-12(14-7-18-11-19-8-14)16(22)20(10-15(17)21)9-13-5-3-2-4-6-13/h2-8,11-12H,9-10H2,1H3,(H2,17,21)/t12-/m0/s1. The van der Waals surface area contributed by atoms with Crippen LogP contribution in [0.25, 0.3) is 0 Å². The Labute approximate surface area is 129 Å². The molecule has 0 radical (unpaired) electrons. The van der Waals surface area contributed by atoms with Crippen LogP contribution < -0.4 is 5.73 Å². The lowest BCUT2D eigenvalue weighted by Crippen LogP contribution is -2.40. The van der Waals surface area contributed by atoms with E-state index in [2.05, 4.69) is 9.97 Å². The largest absolute Gasteiger partial charge is 0.368 e. The Balaban J connectivity index is 2.17. The van der Waals surface area contributed by atoms with Crippen LogP contribution in [0.15, 0.2) is 49.1 Å². The number of carbonyl (C=O) groups excluding carboxylic acids is 2. The first-order valence-corrected chi connectivity index (χ1v) is 6.94. The van der Waals surface area contributed by atoms with E-state index in [4.69, 9.17) is 5.73 Å². The zero-order valence-corrected chi connectivity index (χ0v) is 12.3. The second kappa shape index (κ2) is 7.31. The Morgan fingerprint density at radius 3 is 2.41 bits per heavy atom. The van der Waals surface area contributed by atoms with Gasteiger partial charge >= 0.3 is 0 Å². The average molecular weight is 298 g/mol. The lowest BCUT2D eigenvalue weighted by atomic mass is 10.0. The van der Waals surface area contributed by atoms with E-state index in [0.29, 0.717) is 12.1 Å². The molecule has 22 heavy (non-hydrogen) atoms. The van der Waals surface area contributed by atoms with E-state index in [0.717, 1.165) is 5.56 Å². The molecule has 6 nitrogen and oxygen atoms in total. The van der Waals surface area contributed by atoms with Gasteiger partial charge in [-0.05, 0) is 12.5 Å². The van der Waals surface area contributed by atoms with E-state index < -0.39 is 11.8 Å². The lowest BCUT2D eigenvalue weighted by molar-refractivity contribution is -0.136. The lowest BCUT2D eigenvalue weighted by Gasteiger charge is -2.24. The quantitative estimate of drug-likeness (QED) is 0.864. The predicted octanol–water partition coefficient (Wildman–Crippen LogP) is 1.09. The Kier molecular flexibility index (Phi) is 5.19. The fraction of sp³-hybridized carbons (Fsp3) is 0.250. The van der Waals surface area contributed by atoms with Crippen LogP contribution in [0.3, 0.4) is 0 Å².